The highest BCUT2D eigenvalue weighted by molar-refractivity contribution is 9.10. The molecular formula is C9H8BrN2O2S2-. The molecule has 0 heterocycles. The normalized spacial score (nSPS) is 9.31. The summed E-state index contributed by atoms with van der Waals surface area (Å²) < 4.78 is 6.23. The minimum absolute atomic E-state index is 0.0805. The first-order valence-corrected chi connectivity index (χ1v) is 5.83. The highest BCUT2D eigenvalue weighted by atomic mass is 79.9. The van der Waals surface area contributed by atoms with Gasteiger partial charge in [-0.3, -0.25) is 10.2 Å². The van der Waals surface area contributed by atoms with E-state index in [-0.39, 0.29) is 16.8 Å². The van der Waals surface area contributed by atoms with Crippen molar-refractivity contribution in [1.82, 2.24) is 10.9 Å². The summed E-state index contributed by atoms with van der Waals surface area (Å²) in [6, 6.07) is 7.15. The van der Waals surface area contributed by atoms with Crippen LogP contribution < -0.4 is 15.6 Å². The van der Waals surface area contributed by atoms with Gasteiger partial charge in [0.15, 0.2) is 6.61 Å². The van der Waals surface area contributed by atoms with Gasteiger partial charge in [0.2, 0.25) is 0 Å². The Morgan fingerprint density at radius 1 is 1.38 bits per heavy atom. The van der Waals surface area contributed by atoms with E-state index in [0.29, 0.717) is 5.75 Å². The molecule has 1 aromatic carbocycles. The molecule has 0 aromatic heterocycles. The molecule has 2 N–H and O–H groups in total. The predicted octanol–water partition coefficient (Wildman–Crippen LogP) is 1.28. The van der Waals surface area contributed by atoms with Gasteiger partial charge < -0.3 is 35.0 Å². The Morgan fingerprint density at radius 3 is 2.56 bits per heavy atom. The SMILES string of the molecule is O=C(COc1ccc(Br)cc1)NNC(=S)[S-]. The number of amides is 1. The highest BCUT2D eigenvalue weighted by Gasteiger charge is 2.00. The number of carbonyl (C=O) groups excluding carboxylic acids is 1. The largest absolute Gasteiger partial charge is 0.484 e. The van der Waals surface area contributed by atoms with Crippen LogP contribution in [0.25, 0.3) is 0 Å². The molecular weight excluding hydrogens is 312 g/mol. The number of ether oxygens (including phenoxy) is 1. The Morgan fingerprint density at radius 2 is 2.00 bits per heavy atom. The second kappa shape index (κ2) is 6.62. The van der Waals surface area contributed by atoms with Crippen LogP contribution in [0, 0.1) is 0 Å². The molecule has 0 aliphatic rings. The highest BCUT2D eigenvalue weighted by Crippen LogP contribution is 2.15. The third kappa shape index (κ3) is 5.24. The summed E-state index contributed by atoms with van der Waals surface area (Å²) >= 11 is 12.4. The van der Waals surface area contributed by atoms with Crippen molar-refractivity contribution < 1.29 is 9.53 Å². The number of hydrazine groups is 1. The smallest absolute Gasteiger partial charge is 0.276 e. The standard InChI is InChI=1S/C9H9BrN2O2S2/c10-6-1-3-7(4-2-6)14-5-8(13)11-12-9(15)16/h1-4H,5H2,(H,11,13)(H2,12,15,16)/p-1. The van der Waals surface area contributed by atoms with Crippen LogP contribution in [0.3, 0.4) is 0 Å². The molecule has 0 spiro atoms. The Bertz CT molecular complexity index is 384. The van der Waals surface area contributed by atoms with Crippen molar-refractivity contribution in [2.45, 2.75) is 0 Å². The monoisotopic (exact) mass is 319 g/mol. The van der Waals surface area contributed by atoms with Gasteiger partial charge in [-0.2, -0.15) is 0 Å². The molecule has 0 bridgehead atoms. The van der Waals surface area contributed by atoms with Crippen molar-refractivity contribution >= 4 is 51.0 Å². The van der Waals surface area contributed by atoms with Gasteiger partial charge in [0.05, 0.1) is 0 Å². The summed E-state index contributed by atoms with van der Waals surface area (Å²) in [6.07, 6.45) is 0. The first-order valence-electron chi connectivity index (χ1n) is 4.22. The fourth-order valence-electron chi connectivity index (χ4n) is 0.837. The third-order valence-electron chi connectivity index (χ3n) is 1.49. The van der Waals surface area contributed by atoms with Gasteiger partial charge in [0, 0.05) is 4.47 Å². The summed E-state index contributed by atoms with van der Waals surface area (Å²) in [5.41, 5.74) is 4.65. The van der Waals surface area contributed by atoms with Gasteiger partial charge in [-0.1, -0.05) is 15.9 Å². The first-order chi connectivity index (χ1) is 7.58. The molecule has 1 rings (SSSR count). The zero-order valence-electron chi connectivity index (χ0n) is 8.03. The van der Waals surface area contributed by atoms with Gasteiger partial charge in [0.25, 0.3) is 5.91 Å². The van der Waals surface area contributed by atoms with Crippen LogP contribution in [0.4, 0.5) is 0 Å². The number of halogens is 1. The van der Waals surface area contributed by atoms with E-state index in [0.717, 1.165) is 4.47 Å². The van der Waals surface area contributed by atoms with E-state index in [1.807, 2.05) is 12.1 Å². The van der Waals surface area contributed by atoms with E-state index < -0.39 is 0 Å². The van der Waals surface area contributed by atoms with Crippen molar-refractivity contribution in [3.8, 4) is 5.75 Å². The Balaban J connectivity index is 2.31. The molecule has 16 heavy (non-hydrogen) atoms. The molecule has 0 saturated carbocycles. The lowest BCUT2D eigenvalue weighted by molar-refractivity contribution is -0.123. The quantitative estimate of drug-likeness (QED) is 0.499. The number of hydrogen-bond acceptors (Lipinski definition) is 4. The van der Waals surface area contributed by atoms with Gasteiger partial charge in [-0.25, -0.2) is 0 Å². The average Bonchev–Trinajstić information content (AvgIpc) is 2.25. The van der Waals surface area contributed by atoms with Crippen LogP contribution in [-0.2, 0) is 17.4 Å². The minimum Gasteiger partial charge on any atom is -0.484 e. The first kappa shape index (κ1) is 13.1. The maximum atomic E-state index is 11.2. The molecule has 0 aliphatic carbocycles. The van der Waals surface area contributed by atoms with Crippen LogP contribution >= 0.6 is 28.1 Å². The molecule has 0 atom stereocenters. The molecule has 1 aromatic rings. The number of benzene rings is 1. The van der Waals surface area contributed by atoms with E-state index in [1.54, 1.807) is 12.1 Å². The maximum absolute atomic E-state index is 11.2. The molecule has 0 unspecified atom stereocenters. The van der Waals surface area contributed by atoms with E-state index >= 15 is 0 Å². The number of nitrogens with one attached hydrogen (secondary N) is 2. The molecule has 4 nitrogen and oxygen atoms in total. The Hall–Kier alpha value is -0.920. The van der Waals surface area contributed by atoms with Crippen molar-refractivity contribution in [2.24, 2.45) is 0 Å². The Kier molecular flexibility index (Phi) is 5.44. The number of hydrogen-bond donors (Lipinski definition) is 2. The number of thiocarbonyl (C=S) groups is 1. The summed E-state index contributed by atoms with van der Waals surface area (Å²) in [5.74, 6) is 0.259. The molecule has 0 radical (unpaired) electrons. The second-order valence-electron chi connectivity index (χ2n) is 2.70. The minimum atomic E-state index is -0.352. The number of rotatable bonds is 3. The molecule has 1 amide bonds. The van der Waals surface area contributed by atoms with Crippen molar-refractivity contribution in [3.63, 3.8) is 0 Å². The topological polar surface area (TPSA) is 50.4 Å². The molecule has 0 fully saturated rings. The average molecular weight is 320 g/mol. The summed E-state index contributed by atoms with van der Waals surface area (Å²) in [5, 5.41) is 0. The lowest BCUT2D eigenvalue weighted by atomic mass is 10.3. The van der Waals surface area contributed by atoms with Crippen molar-refractivity contribution in [2.75, 3.05) is 6.61 Å². The van der Waals surface area contributed by atoms with E-state index in [4.69, 9.17) is 4.74 Å². The summed E-state index contributed by atoms with van der Waals surface area (Å²) in [6.45, 7) is -0.105. The third-order valence-corrected chi connectivity index (χ3v) is 2.22. The van der Waals surface area contributed by atoms with Crippen molar-refractivity contribution in [3.05, 3.63) is 28.7 Å². The zero-order chi connectivity index (χ0) is 12.0. The lowest BCUT2D eigenvalue weighted by Gasteiger charge is -2.11. The van der Waals surface area contributed by atoms with E-state index in [1.165, 1.54) is 0 Å². The lowest BCUT2D eigenvalue weighted by Crippen LogP contribution is -2.42. The van der Waals surface area contributed by atoms with Crippen LogP contribution in [0.5, 0.6) is 5.75 Å². The van der Waals surface area contributed by atoms with Crippen molar-refractivity contribution in [1.29, 1.82) is 0 Å². The van der Waals surface area contributed by atoms with Crippen LogP contribution in [0.2, 0.25) is 0 Å². The zero-order valence-corrected chi connectivity index (χ0v) is 11.2. The summed E-state index contributed by atoms with van der Waals surface area (Å²) in [4.78, 5) is 11.2. The summed E-state index contributed by atoms with van der Waals surface area (Å²) in [7, 11) is 0. The fourth-order valence-corrected chi connectivity index (χ4v) is 1.20. The fraction of sp³-hybridized carbons (Fsp3) is 0.111. The maximum Gasteiger partial charge on any atom is 0.276 e. The van der Waals surface area contributed by atoms with Gasteiger partial charge in [0.1, 0.15) is 5.75 Å². The van der Waals surface area contributed by atoms with E-state index in [9.17, 15) is 4.79 Å². The van der Waals surface area contributed by atoms with Crippen LogP contribution in [0.15, 0.2) is 28.7 Å². The van der Waals surface area contributed by atoms with Gasteiger partial charge >= 0.3 is 0 Å². The predicted molar refractivity (Wildman–Crippen MR) is 70.9 cm³/mol. The van der Waals surface area contributed by atoms with E-state index in [2.05, 4.69) is 51.6 Å². The molecule has 0 saturated heterocycles. The van der Waals surface area contributed by atoms with Gasteiger partial charge in [-0.15, -0.1) is 0 Å². The van der Waals surface area contributed by atoms with Gasteiger partial charge in [-0.05, 0) is 28.6 Å². The van der Waals surface area contributed by atoms with Crippen LogP contribution in [-0.4, -0.2) is 16.8 Å². The molecule has 86 valence electrons. The number of carbonyl (C=O) groups is 1. The molecule has 0 aliphatic heterocycles. The molecule has 7 heteroatoms. The van der Waals surface area contributed by atoms with Crippen LogP contribution in [0.1, 0.15) is 0 Å². The second-order valence-corrected chi connectivity index (χ2v) is 4.69. The Labute approximate surface area is 112 Å².